The number of hydrogen-bond donors (Lipinski definition) is 2. The number of likely N-dealkylation sites (N-methyl/N-ethyl adjacent to an activating group) is 1. The molecule has 0 spiro atoms. The monoisotopic (exact) mass is 225 g/mol. The summed E-state index contributed by atoms with van der Waals surface area (Å²) in [6, 6.07) is 1.09. The predicted octanol–water partition coefficient (Wildman–Crippen LogP) is 0.467. The second-order valence-electron chi connectivity index (χ2n) is 5.08. The van der Waals surface area contributed by atoms with Crippen LogP contribution in [0.1, 0.15) is 38.5 Å². The molecule has 2 aliphatic rings. The molecule has 4 heteroatoms. The number of carbonyl (C=O) groups excluding carboxylic acids is 1. The first kappa shape index (κ1) is 11.9. The number of amides is 1. The fourth-order valence-electron chi connectivity index (χ4n) is 3.11. The molecule has 1 amide bonds. The van der Waals surface area contributed by atoms with Crippen LogP contribution >= 0.6 is 0 Å². The summed E-state index contributed by atoms with van der Waals surface area (Å²) in [7, 11) is 1.73. The number of carbonyl (C=O) groups is 1. The highest BCUT2D eigenvalue weighted by Crippen LogP contribution is 2.28. The first-order valence-corrected chi connectivity index (χ1v) is 6.45. The average Bonchev–Trinajstić information content (AvgIpc) is 2.78. The van der Waals surface area contributed by atoms with Gasteiger partial charge in [0.2, 0.25) is 5.91 Å². The molecule has 2 rings (SSSR count). The first-order chi connectivity index (χ1) is 7.72. The van der Waals surface area contributed by atoms with E-state index in [1.807, 2.05) is 0 Å². The first-order valence-electron chi connectivity index (χ1n) is 6.45. The second kappa shape index (κ2) is 5.15. The maximum Gasteiger partial charge on any atom is 0.237 e. The van der Waals surface area contributed by atoms with Gasteiger partial charge in [0.1, 0.15) is 0 Å². The summed E-state index contributed by atoms with van der Waals surface area (Å²) in [6.07, 6.45) is 6.72. The molecule has 1 heterocycles. The Morgan fingerprint density at radius 2 is 1.94 bits per heavy atom. The van der Waals surface area contributed by atoms with Gasteiger partial charge in [0.25, 0.3) is 0 Å². The predicted molar refractivity (Wildman–Crippen MR) is 64.0 cm³/mol. The normalized spacial score (nSPS) is 36.2. The molecule has 0 aromatic carbocycles. The number of nitrogens with one attached hydrogen (secondary N) is 1. The molecule has 4 nitrogen and oxygen atoms in total. The van der Waals surface area contributed by atoms with Crippen LogP contribution in [0.3, 0.4) is 0 Å². The Hall–Kier alpha value is -0.610. The van der Waals surface area contributed by atoms with Crippen molar-refractivity contribution in [2.75, 3.05) is 13.6 Å². The van der Waals surface area contributed by atoms with Gasteiger partial charge in [-0.25, -0.2) is 0 Å². The van der Waals surface area contributed by atoms with Crippen molar-refractivity contribution in [2.24, 2.45) is 5.73 Å². The lowest BCUT2D eigenvalue weighted by atomic mass is 9.90. The third kappa shape index (κ3) is 2.38. The number of nitrogens with zero attached hydrogens (tertiary/aromatic N) is 1. The van der Waals surface area contributed by atoms with Crippen molar-refractivity contribution in [1.82, 2.24) is 10.2 Å². The third-order valence-corrected chi connectivity index (χ3v) is 4.05. The SMILES string of the molecule is CNC(=O)C1CCCN1C1CCC(N)CC1. The van der Waals surface area contributed by atoms with Gasteiger partial charge >= 0.3 is 0 Å². The van der Waals surface area contributed by atoms with Crippen molar-refractivity contribution in [1.29, 1.82) is 0 Å². The molecule has 0 aromatic heterocycles. The molecule has 0 radical (unpaired) electrons. The lowest BCUT2D eigenvalue weighted by Gasteiger charge is -2.36. The zero-order valence-electron chi connectivity index (χ0n) is 10.1. The average molecular weight is 225 g/mol. The van der Waals surface area contributed by atoms with Crippen molar-refractivity contribution in [2.45, 2.75) is 56.7 Å². The van der Waals surface area contributed by atoms with Gasteiger partial charge in [0.05, 0.1) is 6.04 Å². The van der Waals surface area contributed by atoms with Gasteiger partial charge in [-0.2, -0.15) is 0 Å². The van der Waals surface area contributed by atoms with E-state index in [1.54, 1.807) is 7.05 Å². The third-order valence-electron chi connectivity index (χ3n) is 4.05. The van der Waals surface area contributed by atoms with Crippen LogP contribution in [0.15, 0.2) is 0 Å². The zero-order chi connectivity index (χ0) is 11.5. The van der Waals surface area contributed by atoms with Gasteiger partial charge in [0, 0.05) is 19.1 Å². The van der Waals surface area contributed by atoms with Gasteiger partial charge in [-0.1, -0.05) is 0 Å². The molecule has 16 heavy (non-hydrogen) atoms. The molecule has 1 unspecified atom stereocenters. The molecule has 1 saturated heterocycles. The summed E-state index contributed by atoms with van der Waals surface area (Å²) >= 11 is 0. The molecule has 3 N–H and O–H groups in total. The van der Waals surface area contributed by atoms with E-state index < -0.39 is 0 Å². The van der Waals surface area contributed by atoms with Crippen LogP contribution in [0, 0.1) is 0 Å². The fraction of sp³-hybridized carbons (Fsp3) is 0.917. The lowest BCUT2D eigenvalue weighted by molar-refractivity contribution is -0.125. The maximum atomic E-state index is 11.8. The van der Waals surface area contributed by atoms with Crippen molar-refractivity contribution in [3.63, 3.8) is 0 Å². The minimum atomic E-state index is 0.115. The molecule has 0 aromatic rings. The zero-order valence-corrected chi connectivity index (χ0v) is 10.1. The summed E-state index contributed by atoms with van der Waals surface area (Å²) in [6.45, 7) is 1.08. The molecule has 1 aliphatic carbocycles. The van der Waals surface area contributed by atoms with Gasteiger partial charge < -0.3 is 11.1 Å². The van der Waals surface area contributed by atoms with E-state index in [0.29, 0.717) is 12.1 Å². The molecular weight excluding hydrogens is 202 g/mol. The molecular formula is C12H23N3O. The van der Waals surface area contributed by atoms with E-state index in [9.17, 15) is 4.79 Å². The van der Waals surface area contributed by atoms with E-state index in [2.05, 4.69) is 10.2 Å². The van der Waals surface area contributed by atoms with Gasteiger partial charge in [-0.3, -0.25) is 9.69 Å². The number of hydrogen-bond acceptors (Lipinski definition) is 3. The summed E-state index contributed by atoms with van der Waals surface area (Å²) in [4.78, 5) is 14.2. The quantitative estimate of drug-likeness (QED) is 0.718. The number of rotatable bonds is 2. The maximum absolute atomic E-state index is 11.8. The Morgan fingerprint density at radius 3 is 2.56 bits per heavy atom. The van der Waals surface area contributed by atoms with Crippen LogP contribution in [-0.2, 0) is 4.79 Å². The van der Waals surface area contributed by atoms with E-state index in [4.69, 9.17) is 5.73 Å². The van der Waals surface area contributed by atoms with Crippen molar-refractivity contribution in [3.05, 3.63) is 0 Å². The Labute approximate surface area is 97.6 Å². The number of nitrogens with two attached hydrogens (primary N) is 1. The Kier molecular flexibility index (Phi) is 3.82. The Morgan fingerprint density at radius 1 is 1.25 bits per heavy atom. The minimum Gasteiger partial charge on any atom is -0.358 e. The van der Waals surface area contributed by atoms with Crippen LogP contribution in [0.5, 0.6) is 0 Å². The Balaban J connectivity index is 1.94. The topological polar surface area (TPSA) is 58.4 Å². The van der Waals surface area contributed by atoms with E-state index in [-0.39, 0.29) is 11.9 Å². The lowest BCUT2D eigenvalue weighted by Crippen LogP contribution is -2.48. The minimum absolute atomic E-state index is 0.115. The highest BCUT2D eigenvalue weighted by Gasteiger charge is 2.35. The van der Waals surface area contributed by atoms with Crippen LogP contribution < -0.4 is 11.1 Å². The number of likely N-dealkylation sites (tertiary alicyclic amines) is 1. The smallest absolute Gasteiger partial charge is 0.237 e. The van der Waals surface area contributed by atoms with Crippen molar-refractivity contribution >= 4 is 5.91 Å². The molecule has 1 atom stereocenters. The summed E-state index contributed by atoms with van der Waals surface area (Å²) < 4.78 is 0. The molecule has 1 saturated carbocycles. The Bertz CT molecular complexity index is 249. The standard InChI is InChI=1S/C12H23N3O/c1-14-12(16)11-3-2-8-15(11)10-6-4-9(13)5-7-10/h9-11H,2-8,13H2,1H3,(H,14,16). The summed E-state index contributed by atoms with van der Waals surface area (Å²) in [5.41, 5.74) is 5.92. The summed E-state index contributed by atoms with van der Waals surface area (Å²) in [5, 5.41) is 2.78. The van der Waals surface area contributed by atoms with Gasteiger partial charge in [0.15, 0.2) is 0 Å². The van der Waals surface area contributed by atoms with Gasteiger partial charge in [-0.15, -0.1) is 0 Å². The molecule has 92 valence electrons. The largest absolute Gasteiger partial charge is 0.358 e. The van der Waals surface area contributed by atoms with Crippen LogP contribution in [-0.4, -0.2) is 42.5 Å². The van der Waals surface area contributed by atoms with E-state index >= 15 is 0 Å². The molecule has 0 bridgehead atoms. The fourth-order valence-corrected chi connectivity index (χ4v) is 3.11. The molecule has 2 fully saturated rings. The van der Waals surface area contributed by atoms with Crippen molar-refractivity contribution in [3.8, 4) is 0 Å². The highest BCUT2D eigenvalue weighted by molar-refractivity contribution is 5.81. The van der Waals surface area contributed by atoms with Crippen LogP contribution in [0.4, 0.5) is 0 Å². The molecule has 1 aliphatic heterocycles. The second-order valence-corrected chi connectivity index (χ2v) is 5.08. The highest BCUT2D eigenvalue weighted by atomic mass is 16.2. The van der Waals surface area contributed by atoms with E-state index in [1.165, 1.54) is 0 Å². The summed E-state index contributed by atoms with van der Waals surface area (Å²) in [5.74, 6) is 0.187. The van der Waals surface area contributed by atoms with Crippen molar-refractivity contribution < 1.29 is 4.79 Å². The van der Waals surface area contributed by atoms with E-state index in [0.717, 1.165) is 45.1 Å². The van der Waals surface area contributed by atoms with Gasteiger partial charge in [-0.05, 0) is 45.1 Å². The van der Waals surface area contributed by atoms with Crippen LogP contribution in [0.25, 0.3) is 0 Å². The van der Waals surface area contributed by atoms with Crippen LogP contribution in [0.2, 0.25) is 0 Å².